The minimum absolute atomic E-state index is 0.470. The van der Waals surface area contributed by atoms with Gasteiger partial charge in [-0.25, -0.2) is 0 Å². The monoisotopic (exact) mass is 261 g/mol. The number of hydrogen-bond acceptors (Lipinski definition) is 3. The lowest BCUT2D eigenvalue weighted by Gasteiger charge is -2.36. The van der Waals surface area contributed by atoms with Crippen LogP contribution in [0.5, 0.6) is 0 Å². The first kappa shape index (κ1) is 14.5. The van der Waals surface area contributed by atoms with E-state index in [9.17, 15) is 0 Å². The second kappa shape index (κ2) is 7.04. The van der Waals surface area contributed by atoms with Gasteiger partial charge in [-0.15, -0.1) is 0 Å². The lowest BCUT2D eigenvalue weighted by Crippen LogP contribution is -2.43. The van der Waals surface area contributed by atoms with Crippen LogP contribution in [0, 0.1) is 0 Å². The number of benzene rings is 1. The molecule has 1 saturated heterocycles. The highest BCUT2D eigenvalue weighted by molar-refractivity contribution is 5.20. The van der Waals surface area contributed by atoms with Gasteiger partial charge >= 0.3 is 0 Å². The maximum absolute atomic E-state index is 5.96. The number of hydrogen-bond donors (Lipinski definition) is 1. The van der Waals surface area contributed by atoms with Gasteiger partial charge in [-0.05, 0) is 45.6 Å². The Hall–Kier alpha value is -0.900. The zero-order chi connectivity index (χ0) is 13.7. The van der Waals surface area contributed by atoms with Gasteiger partial charge in [-0.2, -0.15) is 0 Å². The van der Waals surface area contributed by atoms with Crippen LogP contribution in [0.1, 0.15) is 24.3 Å². The molecule has 0 aliphatic carbocycles. The van der Waals surface area contributed by atoms with Crippen LogP contribution in [-0.2, 0) is 0 Å². The van der Waals surface area contributed by atoms with Gasteiger partial charge in [0.25, 0.3) is 0 Å². The minimum Gasteiger partial charge on any atom is -0.330 e. The lowest BCUT2D eigenvalue weighted by molar-refractivity contribution is 0.139. The molecule has 2 N–H and O–H groups in total. The molecule has 0 amide bonds. The molecule has 3 heteroatoms. The van der Waals surface area contributed by atoms with E-state index in [4.69, 9.17) is 5.73 Å². The molecule has 1 fully saturated rings. The van der Waals surface area contributed by atoms with Crippen molar-refractivity contribution < 1.29 is 0 Å². The summed E-state index contributed by atoms with van der Waals surface area (Å²) in [5, 5.41) is 0. The van der Waals surface area contributed by atoms with Gasteiger partial charge in [0, 0.05) is 25.0 Å². The van der Waals surface area contributed by atoms with E-state index in [1.54, 1.807) is 0 Å². The topological polar surface area (TPSA) is 32.5 Å². The molecule has 1 atom stereocenters. The van der Waals surface area contributed by atoms with E-state index in [0.29, 0.717) is 5.92 Å². The van der Waals surface area contributed by atoms with Gasteiger partial charge in [0.15, 0.2) is 0 Å². The minimum atomic E-state index is 0.470. The summed E-state index contributed by atoms with van der Waals surface area (Å²) in [6.45, 7) is 4.23. The number of nitrogens with zero attached hydrogens (tertiary/aromatic N) is 2. The van der Waals surface area contributed by atoms with E-state index in [1.165, 1.54) is 31.5 Å². The van der Waals surface area contributed by atoms with E-state index in [1.807, 2.05) is 0 Å². The number of piperidine rings is 1. The summed E-state index contributed by atoms with van der Waals surface area (Å²) in [5.41, 5.74) is 7.34. The van der Waals surface area contributed by atoms with Crippen LogP contribution in [0.15, 0.2) is 30.3 Å². The Morgan fingerprint density at radius 1 is 1.21 bits per heavy atom. The van der Waals surface area contributed by atoms with Crippen molar-refractivity contribution in [3.63, 3.8) is 0 Å². The molecule has 0 saturated carbocycles. The molecule has 1 aliphatic heterocycles. The average molecular weight is 261 g/mol. The van der Waals surface area contributed by atoms with E-state index < -0.39 is 0 Å². The first-order valence-corrected chi connectivity index (χ1v) is 7.34. The summed E-state index contributed by atoms with van der Waals surface area (Å²) in [6, 6.07) is 11.4. The molecule has 1 unspecified atom stereocenters. The third-order valence-corrected chi connectivity index (χ3v) is 4.32. The molecule has 2 rings (SSSR count). The highest BCUT2D eigenvalue weighted by atomic mass is 15.2. The fourth-order valence-corrected chi connectivity index (χ4v) is 2.97. The molecule has 0 spiro atoms. The van der Waals surface area contributed by atoms with Crippen molar-refractivity contribution in [1.82, 2.24) is 9.80 Å². The summed E-state index contributed by atoms with van der Waals surface area (Å²) in [4.78, 5) is 4.93. The van der Waals surface area contributed by atoms with Crippen molar-refractivity contribution in [2.24, 2.45) is 5.73 Å². The molecule has 1 aromatic rings. The second-order valence-electron chi connectivity index (χ2n) is 5.84. The lowest BCUT2D eigenvalue weighted by atomic mass is 9.96. The molecule has 0 bridgehead atoms. The van der Waals surface area contributed by atoms with Crippen molar-refractivity contribution in [2.75, 3.05) is 40.3 Å². The maximum atomic E-state index is 5.96. The number of likely N-dealkylation sites (tertiary alicyclic amines) is 1. The van der Waals surface area contributed by atoms with Gasteiger partial charge < -0.3 is 15.5 Å². The fraction of sp³-hybridized carbons (Fsp3) is 0.625. The Labute approximate surface area is 117 Å². The Balaban J connectivity index is 1.87. The van der Waals surface area contributed by atoms with Crippen LogP contribution in [0.25, 0.3) is 0 Å². The van der Waals surface area contributed by atoms with Crippen molar-refractivity contribution in [3.05, 3.63) is 35.9 Å². The highest BCUT2D eigenvalue weighted by Gasteiger charge is 2.22. The largest absolute Gasteiger partial charge is 0.330 e. The van der Waals surface area contributed by atoms with Crippen molar-refractivity contribution in [1.29, 1.82) is 0 Å². The first-order chi connectivity index (χ1) is 9.20. The van der Waals surface area contributed by atoms with E-state index >= 15 is 0 Å². The highest BCUT2D eigenvalue weighted by Crippen LogP contribution is 2.20. The molecular weight excluding hydrogens is 234 g/mol. The zero-order valence-electron chi connectivity index (χ0n) is 12.3. The van der Waals surface area contributed by atoms with Gasteiger partial charge in [0.2, 0.25) is 0 Å². The fourth-order valence-electron chi connectivity index (χ4n) is 2.97. The predicted octanol–water partition coefficient (Wildman–Crippen LogP) is 1.75. The first-order valence-electron chi connectivity index (χ1n) is 7.34. The normalized spacial score (nSPS) is 19.8. The van der Waals surface area contributed by atoms with Gasteiger partial charge in [-0.3, -0.25) is 0 Å². The van der Waals surface area contributed by atoms with Gasteiger partial charge in [0.05, 0.1) is 0 Å². The predicted molar refractivity (Wildman–Crippen MR) is 81.4 cm³/mol. The van der Waals surface area contributed by atoms with Crippen molar-refractivity contribution >= 4 is 0 Å². The molecule has 0 radical (unpaired) electrons. The van der Waals surface area contributed by atoms with Crippen LogP contribution < -0.4 is 5.73 Å². The molecule has 0 aromatic heterocycles. The molecule has 3 nitrogen and oxygen atoms in total. The van der Waals surface area contributed by atoms with Gasteiger partial charge in [-0.1, -0.05) is 30.3 Å². The molecular formula is C16H27N3. The number of nitrogens with two attached hydrogens (primary N) is 1. The average Bonchev–Trinajstić information content (AvgIpc) is 2.46. The molecule has 19 heavy (non-hydrogen) atoms. The van der Waals surface area contributed by atoms with Crippen molar-refractivity contribution in [2.45, 2.75) is 24.8 Å². The van der Waals surface area contributed by atoms with Crippen LogP contribution in [0.4, 0.5) is 0 Å². The third-order valence-electron chi connectivity index (χ3n) is 4.32. The SMILES string of the molecule is CN(C)C1CCN(CC(CN)c2ccccc2)CC1. The van der Waals surface area contributed by atoms with Crippen molar-refractivity contribution in [3.8, 4) is 0 Å². The standard InChI is InChI=1S/C16H27N3/c1-18(2)16-8-10-19(11-9-16)13-15(12-17)14-6-4-3-5-7-14/h3-7,15-16H,8-13,17H2,1-2H3. The summed E-state index contributed by atoms with van der Waals surface area (Å²) in [6.07, 6.45) is 2.55. The van der Waals surface area contributed by atoms with Crippen LogP contribution in [0.2, 0.25) is 0 Å². The second-order valence-corrected chi connectivity index (χ2v) is 5.84. The van der Waals surface area contributed by atoms with E-state index in [2.05, 4.69) is 54.2 Å². The smallest absolute Gasteiger partial charge is 0.0113 e. The quantitative estimate of drug-likeness (QED) is 0.876. The summed E-state index contributed by atoms with van der Waals surface area (Å²) in [7, 11) is 4.37. The summed E-state index contributed by atoms with van der Waals surface area (Å²) >= 11 is 0. The van der Waals surface area contributed by atoms with Gasteiger partial charge in [0.1, 0.15) is 0 Å². The molecule has 106 valence electrons. The Morgan fingerprint density at radius 3 is 2.37 bits per heavy atom. The van der Waals surface area contributed by atoms with E-state index in [0.717, 1.165) is 19.1 Å². The van der Waals surface area contributed by atoms with Crippen LogP contribution >= 0.6 is 0 Å². The molecule has 1 aromatic carbocycles. The summed E-state index contributed by atoms with van der Waals surface area (Å²) < 4.78 is 0. The maximum Gasteiger partial charge on any atom is 0.0113 e. The van der Waals surface area contributed by atoms with E-state index in [-0.39, 0.29) is 0 Å². The Kier molecular flexibility index (Phi) is 5.37. The zero-order valence-corrected chi connectivity index (χ0v) is 12.3. The number of rotatable bonds is 5. The third kappa shape index (κ3) is 4.03. The Bertz CT molecular complexity index is 356. The van der Waals surface area contributed by atoms with Crippen LogP contribution in [-0.4, -0.2) is 56.1 Å². The molecule has 1 heterocycles. The van der Waals surface area contributed by atoms with Crippen LogP contribution in [0.3, 0.4) is 0 Å². The Morgan fingerprint density at radius 2 is 1.84 bits per heavy atom. The molecule has 1 aliphatic rings. The summed E-state index contributed by atoms with van der Waals surface area (Å²) in [5.74, 6) is 0.470.